The largest absolute Gasteiger partial charge is 0.860 e. The van der Waals surface area contributed by atoms with Crippen LogP contribution in [0.4, 0.5) is 26.3 Å². The van der Waals surface area contributed by atoms with Gasteiger partial charge in [-0.2, -0.15) is 26.3 Å². The van der Waals surface area contributed by atoms with Gasteiger partial charge < -0.3 is 23.7 Å². The highest BCUT2D eigenvalue weighted by Gasteiger charge is 2.51. The van der Waals surface area contributed by atoms with Crippen LogP contribution in [0.1, 0.15) is 11.1 Å². The molecule has 0 N–H and O–H groups in total. The zero-order chi connectivity index (χ0) is 51.2. The van der Waals surface area contributed by atoms with Crippen LogP contribution in [-0.2, 0) is 12.4 Å². The fraction of sp³-hybridized carbons (Fsp3) is 0.0357. The summed E-state index contributed by atoms with van der Waals surface area (Å²) in [5.74, 6) is 0.465. The molecule has 0 saturated heterocycles. The predicted molar refractivity (Wildman–Crippen MR) is 277 cm³/mol. The van der Waals surface area contributed by atoms with E-state index >= 15 is 0 Å². The van der Waals surface area contributed by atoms with Gasteiger partial charge >= 0.3 is 12.4 Å². The Kier molecular flexibility index (Phi) is 17.9. The SMILES string of the molecule is Clc1cccc(O[P+](c2ccccc2)(c2ccccc2)c2ccccc2)c1.Clc1cccc(O[P+](c2ccccc2)(c2ccccc2)c2ccccc2)c1.[O-]B([O-])Oc1cc(C(F)(F)F)cc(C(F)(F)F)c1. The molecule has 0 atom stereocenters. The van der Waals surface area contributed by atoms with E-state index in [4.69, 9.17) is 32.2 Å². The van der Waals surface area contributed by atoms with Crippen LogP contribution >= 0.6 is 38.2 Å². The third-order valence-corrected chi connectivity index (χ3v) is 18.2. The average Bonchev–Trinajstić information content (AvgIpc) is 3.38. The average molecular weight is 1050 g/mol. The molecule has 9 aromatic rings. The molecule has 72 heavy (non-hydrogen) atoms. The first-order valence-electron chi connectivity index (χ1n) is 21.9. The maximum absolute atomic E-state index is 12.3. The standard InChI is InChI=1S/2C24H19ClOP.C8H3BF6O3/c2*25-20-11-10-12-21(19-20)26-27(22-13-4-1-5-14-22,23-15-6-2-7-16-23)24-17-8-3-9-18-24;10-7(11,12)4-1-5(8(13,14)15)3-6(2-4)18-9(16)17/h2*1-19H;1-3H/q2*+1;-2. The van der Waals surface area contributed by atoms with Crippen LogP contribution in [0.2, 0.25) is 10.0 Å². The summed E-state index contributed by atoms with van der Waals surface area (Å²) in [6.07, 6.45) is -10.1. The number of hydrogen-bond donors (Lipinski definition) is 0. The van der Waals surface area contributed by atoms with Crippen LogP contribution in [0, 0.1) is 0 Å². The van der Waals surface area contributed by atoms with Gasteiger partial charge in [0.25, 0.3) is 15.0 Å². The molecule has 0 radical (unpaired) electrons. The lowest BCUT2D eigenvalue weighted by molar-refractivity contribution is -0.372. The van der Waals surface area contributed by atoms with Crippen molar-refractivity contribution in [1.29, 1.82) is 0 Å². The van der Waals surface area contributed by atoms with Gasteiger partial charge in [0, 0.05) is 22.2 Å². The van der Waals surface area contributed by atoms with Gasteiger partial charge in [0.2, 0.25) is 0 Å². The zero-order valence-electron chi connectivity index (χ0n) is 37.7. The molecular formula is C56H41BCl2F6O5P2. The molecule has 0 aromatic heterocycles. The molecule has 9 aromatic carbocycles. The number of benzene rings is 9. The molecule has 364 valence electrons. The Hall–Kier alpha value is -6.62. The molecule has 0 aliphatic rings. The number of alkyl halides is 6. The van der Waals surface area contributed by atoms with Gasteiger partial charge in [0.15, 0.2) is 11.5 Å². The monoisotopic (exact) mass is 1050 g/mol. The fourth-order valence-corrected chi connectivity index (χ4v) is 14.7. The third-order valence-electron chi connectivity index (χ3n) is 10.6. The molecule has 0 amide bonds. The van der Waals surface area contributed by atoms with E-state index in [0.717, 1.165) is 11.5 Å². The summed E-state index contributed by atoms with van der Waals surface area (Å²) in [6, 6.07) is 78.3. The van der Waals surface area contributed by atoms with Crippen LogP contribution in [0.25, 0.3) is 0 Å². The summed E-state index contributed by atoms with van der Waals surface area (Å²) in [7, 11) is -7.73. The van der Waals surface area contributed by atoms with Crippen molar-refractivity contribution in [3.8, 4) is 17.2 Å². The van der Waals surface area contributed by atoms with E-state index in [1.165, 1.54) is 31.8 Å². The Morgan fingerprint density at radius 1 is 0.333 bits per heavy atom. The topological polar surface area (TPSA) is 73.8 Å². The smallest absolute Gasteiger partial charge is 0.416 e. The molecule has 5 nitrogen and oxygen atoms in total. The van der Waals surface area contributed by atoms with Gasteiger partial charge in [0.05, 0.1) is 16.9 Å². The van der Waals surface area contributed by atoms with E-state index < -0.39 is 51.5 Å². The van der Waals surface area contributed by atoms with Crippen molar-refractivity contribution in [1.82, 2.24) is 0 Å². The molecule has 0 aliphatic carbocycles. The maximum Gasteiger partial charge on any atom is 0.416 e. The Morgan fingerprint density at radius 3 is 0.819 bits per heavy atom. The molecule has 0 unspecified atom stereocenters. The minimum Gasteiger partial charge on any atom is -0.860 e. The number of rotatable bonds is 12. The highest BCUT2D eigenvalue weighted by Crippen LogP contribution is 2.57. The molecule has 0 fully saturated rings. The maximum atomic E-state index is 12.3. The van der Waals surface area contributed by atoms with E-state index in [-0.39, 0.29) is 18.2 Å². The van der Waals surface area contributed by atoms with Crippen molar-refractivity contribution in [2.24, 2.45) is 0 Å². The van der Waals surface area contributed by atoms with Gasteiger partial charge in [-0.15, -0.1) is 0 Å². The normalized spacial score (nSPS) is 11.5. The van der Waals surface area contributed by atoms with E-state index in [1.54, 1.807) is 0 Å². The number of halogens is 8. The molecular weight excluding hydrogens is 1010 g/mol. The molecule has 0 heterocycles. The molecule has 0 bridgehead atoms. The van der Waals surface area contributed by atoms with Crippen molar-refractivity contribution in [3.63, 3.8) is 0 Å². The summed E-state index contributed by atoms with van der Waals surface area (Å²) < 4.78 is 91.3. The Balaban J connectivity index is 0.000000162. The van der Waals surface area contributed by atoms with Gasteiger partial charge in [-0.3, -0.25) is 0 Å². The van der Waals surface area contributed by atoms with E-state index in [1.807, 2.05) is 84.9 Å². The first kappa shape index (κ1) is 53.2. The minimum atomic E-state index is -5.05. The highest BCUT2D eigenvalue weighted by atomic mass is 35.5. The molecule has 9 rings (SSSR count). The Labute approximate surface area is 424 Å². The van der Waals surface area contributed by atoms with Crippen LogP contribution < -0.4 is 55.6 Å². The summed E-state index contributed by atoms with van der Waals surface area (Å²) in [6.45, 7) is 0. The van der Waals surface area contributed by atoms with Crippen molar-refractivity contribution >= 4 is 77.3 Å². The van der Waals surface area contributed by atoms with Gasteiger partial charge in [0.1, 0.15) is 39.1 Å². The van der Waals surface area contributed by atoms with Crippen LogP contribution in [0.15, 0.2) is 249 Å². The van der Waals surface area contributed by atoms with Crippen LogP contribution in [0.5, 0.6) is 17.2 Å². The summed E-state index contributed by atoms with van der Waals surface area (Å²) in [5, 5.41) is 28.5. The van der Waals surface area contributed by atoms with Crippen molar-refractivity contribution < 1.29 is 50.1 Å². The van der Waals surface area contributed by atoms with Crippen LogP contribution in [-0.4, -0.2) is 7.32 Å². The van der Waals surface area contributed by atoms with E-state index in [2.05, 4.69) is 150 Å². The quantitative estimate of drug-likeness (QED) is 0.0692. The van der Waals surface area contributed by atoms with Gasteiger partial charge in [-0.25, -0.2) is 0 Å². The summed E-state index contributed by atoms with van der Waals surface area (Å²) >= 11 is 12.5. The zero-order valence-corrected chi connectivity index (χ0v) is 41.0. The summed E-state index contributed by atoms with van der Waals surface area (Å²) in [5.41, 5.74) is -3.32. The second kappa shape index (κ2) is 24.2. The van der Waals surface area contributed by atoms with Gasteiger partial charge in [-0.1, -0.05) is 145 Å². The molecule has 0 saturated carbocycles. The molecule has 0 spiro atoms. The van der Waals surface area contributed by atoms with Crippen molar-refractivity contribution in [3.05, 3.63) is 270 Å². The third kappa shape index (κ3) is 13.5. The first-order valence-corrected chi connectivity index (χ1v) is 26.0. The predicted octanol–water partition coefficient (Wildman–Crippen LogP) is 12.1. The lowest BCUT2D eigenvalue weighted by atomic mass is 10.1. The number of hydrogen-bond acceptors (Lipinski definition) is 5. The van der Waals surface area contributed by atoms with Crippen molar-refractivity contribution in [2.45, 2.75) is 12.4 Å². The minimum absolute atomic E-state index is 0.141. The Bertz CT molecular complexity index is 2700. The summed E-state index contributed by atoms with van der Waals surface area (Å²) in [4.78, 5) is 0. The highest BCUT2D eigenvalue weighted by molar-refractivity contribution is 7.92. The van der Waals surface area contributed by atoms with Crippen LogP contribution in [0.3, 0.4) is 0 Å². The fourth-order valence-electron chi connectivity index (χ4n) is 7.51. The first-order chi connectivity index (χ1) is 34.6. The molecule has 0 aliphatic heterocycles. The van der Waals surface area contributed by atoms with Gasteiger partial charge in [-0.05, 0) is 115 Å². The Morgan fingerprint density at radius 2 is 0.597 bits per heavy atom. The lowest BCUT2D eigenvalue weighted by Gasteiger charge is -2.27. The molecule has 16 heteroatoms. The van der Waals surface area contributed by atoms with E-state index in [0.29, 0.717) is 10.0 Å². The van der Waals surface area contributed by atoms with Crippen molar-refractivity contribution in [2.75, 3.05) is 0 Å². The second-order valence-electron chi connectivity index (χ2n) is 15.5. The van der Waals surface area contributed by atoms with E-state index in [9.17, 15) is 36.4 Å². The lowest BCUT2D eigenvalue weighted by Crippen LogP contribution is -2.50. The second-order valence-corrected chi connectivity index (χ2v) is 22.3.